The van der Waals surface area contributed by atoms with Crippen molar-refractivity contribution in [2.45, 2.75) is 31.9 Å². The standard InChI is InChI=1S/C21H29NO4/c1-21(2,13-16-8-10-18(24-3)11-9-16)22-14-17(23)15-26-20-7-5-6-19(12-20)25-4/h5-12,17,22-23H,13-15H2,1-4H3/t17-/m0/s1. The van der Waals surface area contributed by atoms with Gasteiger partial charge in [0.05, 0.1) is 14.2 Å². The summed E-state index contributed by atoms with van der Waals surface area (Å²) in [6.45, 7) is 4.91. The van der Waals surface area contributed by atoms with Crippen LogP contribution in [0.5, 0.6) is 17.2 Å². The number of aliphatic hydroxyl groups excluding tert-OH is 1. The Bertz CT molecular complexity index is 670. The third-order valence-electron chi connectivity index (χ3n) is 4.10. The Kier molecular flexibility index (Phi) is 7.30. The second-order valence-electron chi connectivity index (χ2n) is 6.93. The van der Waals surface area contributed by atoms with Crippen LogP contribution in [0.2, 0.25) is 0 Å². The number of rotatable bonds is 10. The van der Waals surface area contributed by atoms with Gasteiger partial charge >= 0.3 is 0 Å². The van der Waals surface area contributed by atoms with Gasteiger partial charge in [0.25, 0.3) is 0 Å². The first-order valence-electron chi connectivity index (χ1n) is 8.75. The van der Waals surface area contributed by atoms with Crippen LogP contribution in [0.4, 0.5) is 0 Å². The van der Waals surface area contributed by atoms with Gasteiger partial charge in [-0.2, -0.15) is 0 Å². The number of benzene rings is 2. The van der Waals surface area contributed by atoms with Crippen molar-refractivity contribution in [3.05, 3.63) is 54.1 Å². The smallest absolute Gasteiger partial charge is 0.123 e. The first kappa shape index (κ1) is 20.1. The molecule has 0 aliphatic carbocycles. The Balaban J connectivity index is 1.77. The van der Waals surface area contributed by atoms with E-state index in [0.717, 1.165) is 17.9 Å². The molecule has 0 amide bonds. The van der Waals surface area contributed by atoms with Crippen molar-refractivity contribution in [2.75, 3.05) is 27.4 Å². The van der Waals surface area contributed by atoms with E-state index >= 15 is 0 Å². The van der Waals surface area contributed by atoms with E-state index in [9.17, 15) is 5.11 Å². The van der Waals surface area contributed by atoms with Gasteiger partial charge in [0.15, 0.2) is 0 Å². The van der Waals surface area contributed by atoms with Crippen LogP contribution in [0, 0.1) is 0 Å². The maximum absolute atomic E-state index is 10.2. The highest BCUT2D eigenvalue weighted by Crippen LogP contribution is 2.19. The molecule has 5 nitrogen and oxygen atoms in total. The number of hydrogen-bond acceptors (Lipinski definition) is 5. The lowest BCUT2D eigenvalue weighted by Gasteiger charge is -2.28. The molecule has 0 saturated heterocycles. The third kappa shape index (κ3) is 6.58. The molecule has 142 valence electrons. The molecule has 0 aromatic heterocycles. The molecule has 5 heteroatoms. The summed E-state index contributed by atoms with van der Waals surface area (Å²) < 4.78 is 16.0. The van der Waals surface area contributed by atoms with Gasteiger partial charge in [-0.25, -0.2) is 0 Å². The van der Waals surface area contributed by atoms with Gasteiger partial charge in [0.2, 0.25) is 0 Å². The van der Waals surface area contributed by atoms with Crippen LogP contribution in [0.25, 0.3) is 0 Å². The zero-order valence-corrected chi connectivity index (χ0v) is 16.0. The fraction of sp³-hybridized carbons (Fsp3) is 0.429. The van der Waals surface area contributed by atoms with Crippen LogP contribution in [0.3, 0.4) is 0 Å². The second kappa shape index (κ2) is 9.46. The van der Waals surface area contributed by atoms with Gasteiger partial charge in [0.1, 0.15) is 30.0 Å². The molecule has 2 aromatic rings. The molecule has 0 radical (unpaired) electrons. The van der Waals surface area contributed by atoms with Gasteiger partial charge < -0.3 is 24.6 Å². The highest BCUT2D eigenvalue weighted by molar-refractivity contribution is 5.32. The first-order chi connectivity index (χ1) is 12.4. The van der Waals surface area contributed by atoms with E-state index in [2.05, 4.69) is 31.3 Å². The van der Waals surface area contributed by atoms with Crippen LogP contribution < -0.4 is 19.5 Å². The van der Waals surface area contributed by atoms with Crippen molar-refractivity contribution in [1.29, 1.82) is 0 Å². The van der Waals surface area contributed by atoms with Crippen molar-refractivity contribution >= 4 is 0 Å². The molecular formula is C21H29NO4. The number of aliphatic hydroxyl groups is 1. The molecular weight excluding hydrogens is 330 g/mol. The number of β-amino-alcohol motifs (C(OH)–C–C–N with tert-alkyl or cyclic N) is 1. The molecule has 0 spiro atoms. The summed E-state index contributed by atoms with van der Waals surface area (Å²) in [5.74, 6) is 2.27. The van der Waals surface area contributed by atoms with Gasteiger partial charge in [-0.3, -0.25) is 0 Å². The van der Waals surface area contributed by atoms with Gasteiger partial charge in [0, 0.05) is 18.2 Å². The van der Waals surface area contributed by atoms with E-state index < -0.39 is 6.10 Å². The van der Waals surface area contributed by atoms with Crippen molar-refractivity contribution in [1.82, 2.24) is 5.32 Å². The van der Waals surface area contributed by atoms with Crippen LogP contribution in [-0.4, -0.2) is 44.1 Å². The summed E-state index contributed by atoms with van der Waals surface area (Å²) in [7, 11) is 3.28. The van der Waals surface area contributed by atoms with Gasteiger partial charge in [-0.15, -0.1) is 0 Å². The maximum atomic E-state index is 10.2. The van der Waals surface area contributed by atoms with Crippen molar-refractivity contribution in [3.8, 4) is 17.2 Å². The van der Waals surface area contributed by atoms with E-state index in [1.54, 1.807) is 20.3 Å². The SMILES string of the molecule is COc1ccc(CC(C)(C)NC[C@H](O)COc2cccc(OC)c2)cc1. The largest absolute Gasteiger partial charge is 0.497 e. The molecule has 0 fully saturated rings. The molecule has 2 aromatic carbocycles. The van der Waals surface area contributed by atoms with Crippen molar-refractivity contribution < 1.29 is 19.3 Å². The molecule has 26 heavy (non-hydrogen) atoms. The van der Waals surface area contributed by atoms with E-state index in [1.807, 2.05) is 30.3 Å². The normalized spacial score (nSPS) is 12.5. The Labute approximate surface area is 155 Å². The maximum Gasteiger partial charge on any atom is 0.123 e. The fourth-order valence-corrected chi connectivity index (χ4v) is 2.65. The predicted molar refractivity (Wildman–Crippen MR) is 103 cm³/mol. The molecule has 0 saturated carbocycles. The van der Waals surface area contributed by atoms with E-state index in [1.165, 1.54) is 5.56 Å². The fourth-order valence-electron chi connectivity index (χ4n) is 2.65. The molecule has 1 atom stereocenters. The number of nitrogens with one attached hydrogen (secondary N) is 1. The summed E-state index contributed by atoms with van der Waals surface area (Å²) in [6, 6.07) is 15.4. The first-order valence-corrected chi connectivity index (χ1v) is 8.75. The average Bonchev–Trinajstić information content (AvgIpc) is 2.65. The lowest BCUT2D eigenvalue weighted by molar-refractivity contribution is 0.0987. The van der Waals surface area contributed by atoms with Crippen LogP contribution in [0.1, 0.15) is 19.4 Å². The summed E-state index contributed by atoms with van der Waals surface area (Å²) in [6.07, 6.45) is 0.247. The third-order valence-corrected chi connectivity index (χ3v) is 4.10. The quantitative estimate of drug-likeness (QED) is 0.683. The Morgan fingerprint density at radius 1 is 0.962 bits per heavy atom. The van der Waals surface area contributed by atoms with Gasteiger partial charge in [-0.1, -0.05) is 18.2 Å². The molecule has 0 aliphatic heterocycles. The van der Waals surface area contributed by atoms with Crippen LogP contribution in [-0.2, 0) is 6.42 Å². The minimum absolute atomic E-state index is 0.147. The number of ether oxygens (including phenoxy) is 3. The molecule has 2 N–H and O–H groups in total. The molecule has 0 unspecified atom stereocenters. The topological polar surface area (TPSA) is 60.0 Å². The molecule has 0 bridgehead atoms. The minimum atomic E-state index is -0.601. The monoisotopic (exact) mass is 359 g/mol. The lowest BCUT2D eigenvalue weighted by atomic mass is 9.94. The Morgan fingerprint density at radius 3 is 2.27 bits per heavy atom. The van der Waals surface area contributed by atoms with Crippen LogP contribution >= 0.6 is 0 Å². The summed E-state index contributed by atoms with van der Waals surface area (Å²) >= 11 is 0. The summed E-state index contributed by atoms with van der Waals surface area (Å²) in [5, 5.41) is 13.6. The summed E-state index contributed by atoms with van der Waals surface area (Å²) in [5.41, 5.74) is 1.07. The number of hydrogen-bond donors (Lipinski definition) is 2. The second-order valence-corrected chi connectivity index (χ2v) is 6.93. The van der Waals surface area contributed by atoms with Gasteiger partial charge in [-0.05, 0) is 50.1 Å². The van der Waals surface area contributed by atoms with E-state index in [0.29, 0.717) is 12.3 Å². The van der Waals surface area contributed by atoms with Crippen LogP contribution in [0.15, 0.2) is 48.5 Å². The molecule has 0 aliphatic rings. The zero-order valence-electron chi connectivity index (χ0n) is 16.0. The highest BCUT2D eigenvalue weighted by atomic mass is 16.5. The van der Waals surface area contributed by atoms with E-state index in [-0.39, 0.29) is 12.1 Å². The lowest BCUT2D eigenvalue weighted by Crippen LogP contribution is -2.46. The Hall–Kier alpha value is -2.24. The summed E-state index contributed by atoms with van der Waals surface area (Å²) in [4.78, 5) is 0. The van der Waals surface area contributed by atoms with Crippen molar-refractivity contribution in [3.63, 3.8) is 0 Å². The van der Waals surface area contributed by atoms with Crippen molar-refractivity contribution in [2.24, 2.45) is 0 Å². The highest BCUT2D eigenvalue weighted by Gasteiger charge is 2.19. The van der Waals surface area contributed by atoms with E-state index in [4.69, 9.17) is 14.2 Å². The Morgan fingerprint density at radius 2 is 1.62 bits per heavy atom. The minimum Gasteiger partial charge on any atom is -0.497 e. The zero-order chi connectivity index (χ0) is 19.0. The number of methoxy groups -OCH3 is 2. The molecule has 2 rings (SSSR count). The predicted octanol–water partition coefficient (Wildman–Crippen LogP) is 3.05. The molecule has 0 heterocycles. The average molecular weight is 359 g/mol.